The van der Waals surface area contributed by atoms with Gasteiger partial charge in [-0.05, 0) is 24.8 Å². The van der Waals surface area contributed by atoms with Gasteiger partial charge in [0.1, 0.15) is 5.82 Å². The third kappa shape index (κ3) is 2.73. The summed E-state index contributed by atoms with van der Waals surface area (Å²) in [5, 5.41) is 18.3. The SMILES string of the molecule is O=C(O)c1cnc(N2CCC(CO)CC2)c(Cl)c1. The summed E-state index contributed by atoms with van der Waals surface area (Å²) in [5.74, 6) is -0.0636. The van der Waals surface area contributed by atoms with Gasteiger partial charge in [0.15, 0.2) is 0 Å². The number of rotatable bonds is 3. The molecular weight excluding hydrogens is 256 g/mol. The molecular formula is C12H15ClN2O3. The zero-order chi connectivity index (χ0) is 13.1. The van der Waals surface area contributed by atoms with Gasteiger partial charge in [-0.1, -0.05) is 11.6 Å². The van der Waals surface area contributed by atoms with Crippen molar-refractivity contribution >= 4 is 23.4 Å². The third-order valence-corrected chi connectivity index (χ3v) is 3.52. The van der Waals surface area contributed by atoms with E-state index < -0.39 is 5.97 Å². The molecule has 0 atom stereocenters. The lowest BCUT2D eigenvalue weighted by Gasteiger charge is -2.32. The first-order valence-electron chi connectivity index (χ1n) is 5.86. The van der Waals surface area contributed by atoms with Gasteiger partial charge < -0.3 is 15.1 Å². The predicted octanol–water partition coefficient (Wildman–Crippen LogP) is 1.64. The van der Waals surface area contributed by atoms with Crippen molar-refractivity contribution in [2.24, 2.45) is 5.92 Å². The number of carboxylic acids is 1. The highest BCUT2D eigenvalue weighted by Crippen LogP contribution is 2.28. The number of nitrogens with zero attached hydrogens (tertiary/aromatic N) is 2. The molecule has 1 saturated heterocycles. The maximum Gasteiger partial charge on any atom is 0.337 e. The third-order valence-electron chi connectivity index (χ3n) is 3.24. The van der Waals surface area contributed by atoms with Crippen LogP contribution in [0.3, 0.4) is 0 Å². The monoisotopic (exact) mass is 270 g/mol. The molecule has 1 aromatic heterocycles. The van der Waals surface area contributed by atoms with E-state index in [0.29, 0.717) is 16.8 Å². The standard InChI is InChI=1S/C12H15ClN2O3/c13-10-5-9(12(17)18)6-14-11(10)15-3-1-8(7-16)2-4-15/h5-6,8,16H,1-4,7H2,(H,17,18). The van der Waals surface area contributed by atoms with E-state index in [1.807, 2.05) is 4.90 Å². The summed E-state index contributed by atoms with van der Waals surface area (Å²) in [7, 11) is 0. The van der Waals surface area contributed by atoms with Crippen LogP contribution >= 0.6 is 11.6 Å². The van der Waals surface area contributed by atoms with Crippen LogP contribution in [0.1, 0.15) is 23.2 Å². The molecule has 1 aliphatic heterocycles. The normalized spacial score (nSPS) is 16.9. The van der Waals surface area contributed by atoms with Crippen LogP contribution in [0.5, 0.6) is 0 Å². The first-order valence-corrected chi connectivity index (χ1v) is 6.24. The Balaban J connectivity index is 2.12. The van der Waals surface area contributed by atoms with Crippen LogP contribution in [0.4, 0.5) is 5.82 Å². The Kier molecular flexibility index (Phi) is 4.04. The van der Waals surface area contributed by atoms with Crippen molar-refractivity contribution < 1.29 is 15.0 Å². The molecule has 18 heavy (non-hydrogen) atoms. The minimum absolute atomic E-state index is 0.0917. The number of carboxylic acid groups (broad SMARTS) is 1. The number of hydrogen-bond acceptors (Lipinski definition) is 4. The minimum atomic E-state index is -1.03. The number of pyridine rings is 1. The van der Waals surface area contributed by atoms with E-state index in [1.165, 1.54) is 12.3 Å². The molecule has 0 amide bonds. The van der Waals surface area contributed by atoms with Gasteiger partial charge in [-0.2, -0.15) is 0 Å². The molecule has 0 radical (unpaired) electrons. The van der Waals surface area contributed by atoms with Crippen LogP contribution in [-0.2, 0) is 0 Å². The highest BCUT2D eigenvalue weighted by atomic mass is 35.5. The molecule has 2 N–H and O–H groups in total. The fourth-order valence-electron chi connectivity index (χ4n) is 2.11. The summed E-state index contributed by atoms with van der Waals surface area (Å²) in [4.78, 5) is 16.9. The Bertz CT molecular complexity index is 445. The van der Waals surface area contributed by atoms with Crippen molar-refractivity contribution in [2.75, 3.05) is 24.6 Å². The molecule has 6 heteroatoms. The Morgan fingerprint density at radius 2 is 2.17 bits per heavy atom. The average Bonchev–Trinajstić information content (AvgIpc) is 2.38. The second-order valence-corrected chi connectivity index (χ2v) is 4.85. The minimum Gasteiger partial charge on any atom is -0.478 e. The van der Waals surface area contributed by atoms with Gasteiger partial charge in [0, 0.05) is 25.9 Å². The molecule has 1 aromatic rings. The number of aromatic carboxylic acids is 1. The Morgan fingerprint density at radius 1 is 1.50 bits per heavy atom. The summed E-state index contributed by atoms with van der Waals surface area (Å²) in [6.07, 6.45) is 3.12. The smallest absolute Gasteiger partial charge is 0.337 e. The van der Waals surface area contributed by atoms with Crippen molar-refractivity contribution in [2.45, 2.75) is 12.8 Å². The lowest BCUT2D eigenvalue weighted by atomic mass is 9.98. The van der Waals surface area contributed by atoms with Crippen LogP contribution in [0.15, 0.2) is 12.3 Å². The topological polar surface area (TPSA) is 73.7 Å². The quantitative estimate of drug-likeness (QED) is 0.873. The Morgan fingerprint density at radius 3 is 2.67 bits per heavy atom. The van der Waals surface area contributed by atoms with Crippen LogP contribution in [-0.4, -0.2) is 40.9 Å². The van der Waals surface area contributed by atoms with Gasteiger partial charge in [-0.3, -0.25) is 0 Å². The highest BCUT2D eigenvalue weighted by molar-refractivity contribution is 6.33. The van der Waals surface area contributed by atoms with Gasteiger partial charge in [0.25, 0.3) is 0 Å². The van der Waals surface area contributed by atoms with Gasteiger partial charge >= 0.3 is 5.97 Å². The molecule has 1 fully saturated rings. The van der Waals surface area contributed by atoms with Crippen LogP contribution < -0.4 is 4.90 Å². The zero-order valence-electron chi connectivity index (χ0n) is 9.84. The van der Waals surface area contributed by atoms with E-state index in [-0.39, 0.29) is 12.2 Å². The van der Waals surface area contributed by atoms with E-state index >= 15 is 0 Å². The maximum absolute atomic E-state index is 10.8. The highest BCUT2D eigenvalue weighted by Gasteiger charge is 2.21. The molecule has 0 aromatic carbocycles. The first-order chi connectivity index (χ1) is 8.61. The lowest BCUT2D eigenvalue weighted by molar-refractivity contribution is 0.0696. The van der Waals surface area contributed by atoms with Gasteiger partial charge in [0.05, 0.1) is 10.6 Å². The van der Waals surface area contributed by atoms with E-state index in [2.05, 4.69) is 4.98 Å². The lowest BCUT2D eigenvalue weighted by Crippen LogP contribution is -2.35. The van der Waals surface area contributed by atoms with Gasteiger partial charge in [-0.25, -0.2) is 9.78 Å². The molecule has 2 rings (SSSR count). The second-order valence-electron chi connectivity index (χ2n) is 4.45. The number of carbonyl (C=O) groups is 1. The fourth-order valence-corrected chi connectivity index (χ4v) is 2.39. The van der Waals surface area contributed by atoms with Crippen molar-refractivity contribution in [3.63, 3.8) is 0 Å². The zero-order valence-corrected chi connectivity index (χ0v) is 10.6. The Labute approximate surface area is 110 Å². The summed E-state index contributed by atoms with van der Waals surface area (Å²) in [6.45, 7) is 1.78. The van der Waals surface area contributed by atoms with Crippen LogP contribution in [0, 0.1) is 5.92 Å². The number of halogens is 1. The van der Waals surface area contributed by atoms with E-state index in [4.69, 9.17) is 21.8 Å². The van der Waals surface area contributed by atoms with Crippen molar-refractivity contribution in [1.82, 2.24) is 4.98 Å². The summed E-state index contributed by atoms with van der Waals surface area (Å²) < 4.78 is 0. The van der Waals surface area contributed by atoms with Crippen molar-refractivity contribution in [1.29, 1.82) is 0 Å². The summed E-state index contributed by atoms with van der Waals surface area (Å²) in [5.41, 5.74) is 0.0917. The van der Waals surface area contributed by atoms with Crippen LogP contribution in [0.25, 0.3) is 0 Å². The summed E-state index contributed by atoms with van der Waals surface area (Å²) >= 11 is 6.06. The van der Waals surface area contributed by atoms with E-state index in [0.717, 1.165) is 25.9 Å². The number of aliphatic hydroxyl groups excluding tert-OH is 1. The molecule has 5 nitrogen and oxygen atoms in total. The molecule has 2 heterocycles. The molecule has 0 aliphatic carbocycles. The average molecular weight is 271 g/mol. The van der Waals surface area contributed by atoms with Crippen molar-refractivity contribution in [3.05, 3.63) is 22.8 Å². The van der Waals surface area contributed by atoms with Gasteiger partial charge in [-0.15, -0.1) is 0 Å². The first kappa shape index (κ1) is 13.1. The number of piperidine rings is 1. The van der Waals surface area contributed by atoms with Crippen LogP contribution in [0.2, 0.25) is 5.02 Å². The maximum atomic E-state index is 10.8. The number of aromatic nitrogens is 1. The second kappa shape index (κ2) is 5.54. The molecule has 0 unspecified atom stereocenters. The number of aliphatic hydroxyl groups is 1. The van der Waals surface area contributed by atoms with E-state index in [1.54, 1.807) is 0 Å². The molecule has 0 spiro atoms. The van der Waals surface area contributed by atoms with E-state index in [9.17, 15) is 4.79 Å². The fraction of sp³-hybridized carbons (Fsp3) is 0.500. The molecule has 1 aliphatic rings. The van der Waals surface area contributed by atoms with Gasteiger partial charge in [0.2, 0.25) is 0 Å². The molecule has 0 bridgehead atoms. The Hall–Kier alpha value is -1.33. The molecule has 0 saturated carbocycles. The number of hydrogen-bond donors (Lipinski definition) is 2. The predicted molar refractivity (Wildman–Crippen MR) is 68.2 cm³/mol. The summed E-state index contributed by atoms with van der Waals surface area (Å²) in [6, 6.07) is 1.42. The van der Waals surface area contributed by atoms with Crippen molar-refractivity contribution in [3.8, 4) is 0 Å². The largest absolute Gasteiger partial charge is 0.478 e. The molecule has 98 valence electrons. The number of anilines is 1.